The molecule has 0 aromatic carbocycles. The Morgan fingerprint density at radius 3 is 2.56 bits per heavy atom. The van der Waals surface area contributed by atoms with E-state index >= 15 is 0 Å². The molecular formula is C8H13N. The highest BCUT2D eigenvalue weighted by atomic mass is 14.3. The highest BCUT2D eigenvalue weighted by Gasteiger charge is 1.81. The lowest BCUT2D eigenvalue weighted by Crippen LogP contribution is -1.73. The molecule has 1 N–H and O–H groups in total. The van der Waals surface area contributed by atoms with Crippen molar-refractivity contribution < 1.29 is 0 Å². The molecular weight excluding hydrogens is 110 g/mol. The minimum absolute atomic E-state index is 1.000. The smallest absolute Gasteiger partial charge is 0.0180 e. The monoisotopic (exact) mass is 123 g/mol. The van der Waals surface area contributed by atoms with Gasteiger partial charge in [-0.3, -0.25) is 0 Å². The fraction of sp³-hybridized carbons (Fsp3) is 0.375. The Balaban J connectivity index is 3.96. The summed E-state index contributed by atoms with van der Waals surface area (Å²) in [5, 5.41) is 6.78. The third-order valence-corrected chi connectivity index (χ3v) is 1.09. The highest BCUT2D eigenvalue weighted by Crippen LogP contribution is 1.99. The second-order valence-corrected chi connectivity index (χ2v) is 1.76. The van der Waals surface area contributed by atoms with Crippen LogP contribution in [0.5, 0.6) is 0 Å². The predicted molar refractivity (Wildman–Crippen MR) is 42.0 cm³/mol. The third kappa shape index (κ3) is 3.71. The SMILES string of the molecule is C/C=C\C(=C/C=N)CC. The Morgan fingerprint density at radius 1 is 1.56 bits per heavy atom. The van der Waals surface area contributed by atoms with Crippen molar-refractivity contribution in [2.45, 2.75) is 20.3 Å². The molecule has 1 heteroatoms. The van der Waals surface area contributed by atoms with Crippen LogP contribution in [-0.4, -0.2) is 6.21 Å². The van der Waals surface area contributed by atoms with Crippen molar-refractivity contribution in [3.63, 3.8) is 0 Å². The molecule has 9 heavy (non-hydrogen) atoms. The summed E-state index contributed by atoms with van der Waals surface area (Å²) in [6.45, 7) is 4.06. The van der Waals surface area contributed by atoms with Crippen LogP contribution in [0.3, 0.4) is 0 Å². The zero-order valence-corrected chi connectivity index (χ0v) is 6.02. The van der Waals surface area contributed by atoms with Crippen LogP contribution in [0.1, 0.15) is 20.3 Å². The molecule has 0 atom stereocenters. The summed E-state index contributed by atoms with van der Waals surface area (Å²) in [7, 11) is 0. The molecule has 1 nitrogen and oxygen atoms in total. The maximum absolute atomic E-state index is 6.78. The minimum Gasteiger partial charge on any atom is -0.309 e. The van der Waals surface area contributed by atoms with Crippen molar-refractivity contribution >= 4 is 6.21 Å². The van der Waals surface area contributed by atoms with Gasteiger partial charge in [-0.15, -0.1) is 0 Å². The molecule has 50 valence electrons. The molecule has 0 unspecified atom stereocenters. The molecule has 0 amide bonds. The van der Waals surface area contributed by atoms with Gasteiger partial charge in [0.25, 0.3) is 0 Å². The third-order valence-electron chi connectivity index (χ3n) is 1.09. The van der Waals surface area contributed by atoms with Crippen LogP contribution in [0.4, 0.5) is 0 Å². The van der Waals surface area contributed by atoms with Crippen LogP contribution in [0, 0.1) is 5.41 Å². The summed E-state index contributed by atoms with van der Waals surface area (Å²) >= 11 is 0. The fourth-order valence-corrected chi connectivity index (χ4v) is 0.612. The summed E-state index contributed by atoms with van der Waals surface area (Å²) in [5.74, 6) is 0. The van der Waals surface area contributed by atoms with Crippen molar-refractivity contribution in [2.75, 3.05) is 0 Å². The van der Waals surface area contributed by atoms with E-state index in [4.69, 9.17) is 5.41 Å². The molecule has 0 aliphatic heterocycles. The molecule has 0 aromatic rings. The zero-order chi connectivity index (χ0) is 7.11. The average molecular weight is 123 g/mol. The van der Waals surface area contributed by atoms with E-state index in [1.165, 1.54) is 11.8 Å². The molecule has 0 aromatic heterocycles. The normalized spacial score (nSPS) is 12.4. The summed E-state index contributed by atoms with van der Waals surface area (Å²) in [6.07, 6.45) is 8.13. The van der Waals surface area contributed by atoms with Crippen molar-refractivity contribution in [3.05, 3.63) is 23.8 Å². The first kappa shape index (κ1) is 8.15. The predicted octanol–water partition coefficient (Wildman–Crippen LogP) is 2.55. The second kappa shape index (κ2) is 5.29. The molecule has 0 radical (unpaired) electrons. The first-order valence-corrected chi connectivity index (χ1v) is 3.17. The van der Waals surface area contributed by atoms with E-state index in [0.29, 0.717) is 0 Å². The molecule has 0 aliphatic rings. The molecule has 0 bridgehead atoms. The van der Waals surface area contributed by atoms with Gasteiger partial charge in [0.15, 0.2) is 0 Å². The van der Waals surface area contributed by atoms with Gasteiger partial charge in [-0.2, -0.15) is 0 Å². The van der Waals surface area contributed by atoms with Crippen molar-refractivity contribution in [3.8, 4) is 0 Å². The van der Waals surface area contributed by atoms with Gasteiger partial charge in [0, 0.05) is 6.21 Å². The number of hydrogen-bond donors (Lipinski definition) is 1. The van der Waals surface area contributed by atoms with E-state index in [1.54, 1.807) is 6.08 Å². The highest BCUT2D eigenvalue weighted by molar-refractivity contribution is 5.69. The molecule has 0 fully saturated rings. The summed E-state index contributed by atoms with van der Waals surface area (Å²) in [5.41, 5.74) is 1.20. The summed E-state index contributed by atoms with van der Waals surface area (Å²) in [6, 6.07) is 0. The molecule has 0 spiro atoms. The summed E-state index contributed by atoms with van der Waals surface area (Å²) in [4.78, 5) is 0. The van der Waals surface area contributed by atoms with E-state index in [2.05, 4.69) is 6.92 Å². The Labute approximate surface area is 56.6 Å². The molecule has 0 saturated heterocycles. The number of hydrogen-bond acceptors (Lipinski definition) is 1. The van der Waals surface area contributed by atoms with Crippen LogP contribution in [0.2, 0.25) is 0 Å². The van der Waals surface area contributed by atoms with Crippen LogP contribution in [-0.2, 0) is 0 Å². The maximum Gasteiger partial charge on any atom is 0.0180 e. The molecule has 0 heterocycles. The Kier molecular flexibility index (Phi) is 4.79. The lowest BCUT2D eigenvalue weighted by molar-refractivity contribution is 1.15. The largest absolute Gasteiger partial charge is 0.309 e. The maximum atomic E-state index is 6.78. The van der Waals surface area contributed by atoms with Crippen molar-refractivity contribution in [1.82, 2.24) is 0 Å². The van der Waals surface area contributed by atoms with E-state index in [9.17, 15) is 0 Å². The van der Waals surface area contributed by atoms with Gasteiger partial charge >= 0.3 is 0 Å². The van der Waals surface area contributed by atoms with Crippen molar-refractivity contribution in [2.24, 2.45) is 0 Å². The minimum atomic E-state index is 1.000. The lowest BCUT2D eigenvalue weighted by Gasteiger charge is -1.90. The number of allylic oxidation sites excluding steroid dienone is 4. The van der Waals surface area contributed by atoms with Crippen LogP contribution in [0.25, 0.3) is 0 Å². The van der Waals surface area contributed by atoms with Crippen LogP contribution in [0.15, 0.2) is 23.8 Å². The van der Waals surface area contributed by atoms with Gasteiger partial charge in [0.1, 0.15) is 0 Å². The second-order valence-electron chi connectivity index (χ2n) is 1.76. The number of rotatable bonds is 3. The van der Waals surface area contributed by atoms with Gasteiger partial charge in [-0.1, -0.05) is 19.1 Å². The van der Waals surface area contributed by atoms with E-state index in [1.807, 2.05) is 19.1 Å². The van der Waals surface area contributed by atoms with Crippen molar-refractivity contribution in [1.29, 1.82) is 5.41 Å². The first-order valence-electron chi connectivity index (χ1n) is 3.17. The Hall–Kier alpha value is -0.850. The Bertz CT molecular complexity index is 132. The number of nitrogens with one attached hydrogen (secondary N) is 1. The van der Waals surface area contributed by atoms with Gasteiger partial charge in [0.2, 0.25) is 0 Å². The van der Waals surface area contributed by atoms with E-state index in [-0.39, 0.29) is 0 Å². The Morgan fingerprint density at radius 2 is 2.22 bits per heavy atom. The van der Waals surface area contributed by atoms with Crippen LogP contribution >= 0.6 is 0 Å². The van der Waals surface area contributed by atoms with Crippen LogP contribution < -0.4 is 0 Å². The zero-order valence-electron chi connectivity index (χ0n) is 6.02. The average Bonchev–Trinajstić information content (AvgIpc) is 1.88. The molecule has 0 rings (SSSR count). The first-order chi connectivity index (χ1) is 4.35. The van der Waals surface area contributed by atoms with Gasteiger partial charge in [0.05, 0.1) is 0 Å². The molecule has 0 aliphatic carbocycles. The van der Waals surface area contributed by atoms with E-state index < -0.39 is 0 Å². The standard InChI is InChI=1S/C8H13N/c1-3-5-8(4-2)6-7-9/h3,5-7,9H,4H2,1-2H3/b5-3-,8-6-,9-7?. The molecule has 0 saturated carbocycles. The lowest BCUT2D eigenvalue weighted by atomic mass is 10.2. The quantitative estimate of drug-likeness (QED) is 0.440. The van der Waals surface area contributed by atoms with E-state index in [0.717, 1.165) is 6.42 Å². The van der Waals surface area contributed by atoms with Gasteiger partial charge in [-0.05, 0) is 25.0 Å². The summed E-state index contributed by atoms with van der Waals surface area (Å²) < 4.78 is 0. The van der Waals surface area contributed by atoms with Gasteiger partial charge < -0.3 is 5.41 Å². The fourth-order valence-electron chi connectivity index (χ4n) is 0.612. The topological polar surface area (TPSA) is 23.9 Å². The van der Waals surface area contributed by atoms with Gasteiger partial charge in [-0.25, -0.2) is 0 Å².